The quantitative estimate of drug-likeness (QED) is 0.935. The highest BCUT2D eigenvalue weighted by Gasteiger charge is 2.31. The summed E-state index contributed by atoms with van der Waals surface area (Å²) in [6.07, 6.45) is 0.815. The molecule has 0 fully saturated rings. The lowest BCUT2D eigenvalue weighted by atomic mass is 10.0. The minimum atomic E-state index is -0.117. The van der Waals surface area contributed by atoms with Crippen LogP contribution in [0.3, 0.4) is 0 Å². The molecule has 1 N–H and O–H groups in total. The second-order valence-electron chi connectivity index (χ2n) is 6.08. The van der Waals surface area contributed by atoms with Crippen LogP contribution in [0.2, 0.25) is 0 Å². The van der Waals surface area contributed by atoms with Gasteiger partial charge in [-0.3, -0.25) is 4.79 Å². The van der Waals surface area contributed by atoms with Crippen molar-refractivity contribution in [3.05, 3.63) is 59.7 Å². The van der Waals surface area contributed by atoms with Gasteiger partial charge in [0.1, 0.15) is 6.17 Å². The van der Waals surface area contributed by atoms with Gasteiger partial charge < -0.3 is 15.1 Å². The number of rotatable bonds is 4. The maximum Gasteiger partial charge on any atom is 0.257 e. The summed E-state index contributed by atoms with van der Waals surface area (Å²) in [5.41, 5.74) is 3.92. The number of nitrogens with zero attached hydrogens (tertiary/aromatic N) is 2. The van der Waals surface area contributed by atoms with Gasteiger partial charge in [-0.25, -0.2) is 0 Å². The largest absolute Gasteiger partial charge is 0.378 e. The standard InChI is InChI=1S/C19H23N3O/c1-4-13-22-18(14-9-11-15(12-10-14)21(2)3)20-17-8-6-5-7-16(17)19(22)23/h5-12,18,20H,4,13H2,1-3H3. The maximum absolute atomic E-state index is 12.8. The molecular formula is C19H23N3O. The van der Waals surface area contributed by atoms with Crippen molar-refractivity contribution in [1.82, 2.24) is 4.90 Å². The minimum Gasteiger partial charge on any atom is -0.378 e. The summed E-state index contributed by atoms with van der Waals surface area (Å²) in [4.78, 5) is 16.8. The molecule has 0 radical (unpaired) electrons. The third-order valence-corrected chi connectivity index (χ3v) is 4.21. The molecule has 2 aromatic carbocycles. The normalized spacial score (nSPS) is 16.7. The predicted molar refractivity (Wildman–Crippen MR) is 94.9 cm³/mol. The van der Waals surface area contributed by atoms with E-state index in [4.69, 9.17) is 0 Å². The van der Waals surface area contributed by atoms with Crippen molar-refractivity contribution in [3.8, 4) is 0 Å². The highest BCUT2D eigenvalue weighted by atomic mass is 16.2. The van der Waals surface area contributed by atoms with Gasteiger partial charge in [-0.05, 0) is 36.2 Å². The first kappa shape index (κ1) is 15.4. The summed E-state index contributed by atoms with van der Waals surface area (Å²) in [6.45, 7) is 2.83. The SMILES string of the molecule is CCCN1C(=O)c2ccccc2NC1c1ccc(N(C)C)cc1. The van der Waals surface area contributed by atoms with Crippen molar-refractivity contribution >= 4 is 17.3 Å². The number of carbonyl (C=O) groups excluding carboxylic acids is 1. The van der Waals surface area contributed by atoms with Crippen LogP contribution in [0.15, 0.2) is 48.5 Å². The van der Waals surface area contributed by atoms with E-state index in [0.29, 0.717) is 0 Å². The molecule has 23 heavy (non-hydrogen) atoms. The lowest BCUT2D eigenvalue weighted by molar-refractivity contribution is 0.0683. The van der Waals surface area contributed by atoms with Gasteiger partial charge in [0, 0.05) is 32.0 Å². The molecule has 1 atom stereocenters. The average molecular weight is 309 g/mol. The first-order valence-corrected chi connectivity index (χ1v) is 8.05. The molecule has 3 rings (SSSR count). The van der Waals surface area contributed by atoms with Gasteiger partial charge in [-0.15, -0.1) is 0 Å². The van der Waals surface area contributed by atoms with Crippen LogP contribution in [0.4, 0.5) is 11.4 Å². The van der Waals surface area contributed by atoms with Gasteiger partial charge in [0.25, 0.3) is 5.91 Å². The molecule has 4 heteroatoms. The Labute approximate surface area is 137 Å². The van der Waals surface area contributed by atoms with Crippen molar-refractivity contribution in [3.63, 3.8) is 0 Å². The smallest absolute Gasteiger partial charge is 0.257 e. The summed E-state index contributed by atoms with van der Waals surface area (Å²) in [7, 11) is 4.05. The fourth-order valence-electron chi connectivity index (χ4n) is 2.98. The first-order chi connectivity index (χ1) is 11.1. The molecular weight excluding hydrogens is 286 g/mol. The second kappa shape index (κ2) is 6.32. The van der Waals surface area contributed by atoms with Crippen molar-refractivity contribution in [1.29, 1.82) is 0 Å². The Hall–Kier alpha value is -2.49. The monoisotopic (exact) mass is 309 g/mol. The number of carbonyl (C=O) groups is 1. The number of anilines is 2. The fourth-order valence-corrected chi connectivity index (χ4v) is 2.98. The third-order valence-electron chi connectivity index (χ3n) is 4.21. The molecule has 1 aliphatic heterocycles. The predicted octanol–water partition coefficient (Wildman–Crippen LogP) is 3.73. The zero-order valence-electron chi connectivity index (χ0n) is 13.9. The lowest BCUT2D eigenvalue weighted by Crippen LogP contribution is -2.43. The van der Waals surface area contributed by atoms with Gasteiger partial charge in [0.05, 0.1) is 5.56 Å². The number of benzene rings is 2. The van der Waals surface area contributed by atoms with Crippen LogP contribution < -0.4 is 10.2 Å². The van der Waals surface area contributed by atoms with Crippen LogP contribution >= 0.6 is 0 Å². The van der Waals surface area contributed by atoms with E-state index >= 15 is 0 Å². The number of nitrogens with one attached hydrogen (secondary N) is 1. The molecule has 0 saturated heterocycles. The zero-order valence-corrected chi connectivity index (χ0v) is 13.9. The Bertz CT molecular complexity index is 694. The van der Waals surface area contributed by atoms with E-state index in [9.17, 15) is 4.79 Å². The van der Waals surface area contributed by atoms with E-state index in [1.165, 1.54) is 0 Å². The van der Waals surface area contributed by atoms with Crippen LogP contribution in [0, 0.1) is 0 Å². The zero-order chi connectivity index (χ0) is 16.4. The molecule has 2 aromatic rings. The Kier molecular flexibility index (Phi) is 4.24. The van der Waals surface area contributed by atoms with Gasteiger partial charge in [-0.2, -0.15) is 0 Å². The van der Waals surface area contributed by atoms with E-state index in [2.05, 4.69) is 41.4 Å². The number of hydrogen-bond donors (Lipinski definition) is 1. The Morgan fingerprint density at radius 2 is 1.78 bits per heavy atom. The summed E-state index contributed by atoms with van der Waals surface area (Å²) >= 11 is 0. The second-order valence-corrected chi connectivity index (χ2v) is 6.08. The number of fused-ring (bicyclic) bond motifs is 1. The highest BCUT2D eigenvalue weighted by molar-refractivity contribution is 6.01. The molecule has 1 amide bonds. The Morgan fingerprint density at radius 3 is 2.43 bits per heavy atom. The molecule has 120 valence electrons. The van der Waals surface area contributed by atoms with Crippen molar-refractivity contribution in [2.75, 3.05) is 30.9 Å². The van der Waals surface area contributed by atoms with E-state index in [1.54, 1.807) is 0 Å². The van der Waals surface area contributed by atoms with E-state index in [1.807, 2.05) is 43.3 Å². The van der Waals surface area contributed by atoms with Crippen LogP contribution in [-0.2, 0) is 0 Å². The van der Waals surface area contributed by atoms with Crippen LogP contribution in [-0.4, -0.2) is 31.4 Å². The summed E-state index contributed by atoms with van der Waals surface area (Å²) in [6, 6.07) is 16.1. The summed E-state index contributed by atoms with van der Waals surface area (Å²) < 4.78 is 0. The minimum absolute atomic E-state index is 0.0999. The molecule has 1 heterocycles. The molecule has 0 saturated carbocycles. The average Bonchev–Trinajstić information content (AvgIpc) is 2.57. The van der Waals surface area contributed by atoms with Crippen molar-refractivity contribution in [2.45, 2.75) is 19.5 Å². The molecule has 0 spiro atoms. The third kappa shape index (κ3) is 2.89. The van der Waals surface area contributed by atoms with Crippen LogP contribution in [0.1, 0.15) is 35.4 Å². The van der Waals surface area contributed by atoms with Gasteiger partial charge in [0.15, 0.2) is 0 Å². The first-order valence-electron chi connectivity index (χ1n) is 8.05. The van der Waals surface area contributed by atoms with Crippen LogP contribution in [0.5, 0.6) is 0 Å². The van der Waals surface area contributed by atoms with Crippen molar-refractivity contribution < 1.29 is 4.79 Å². The fraction of sp³-hybridized carbons (Fsp3) is 0.316. The number of amides is 1. The Balaban J connectivity index is 1.97. The van der Waals surface area contributed by atoms with Crippen molar-refractivity contribution in [2.24, 2.45) is 0 Å². The van der Waals surface area contributed by atoms with Crippen LogP contribution in [0.25, 0.3) is 0 Å². The van der Waals surface area contributed by atoms with E-state index < -0.39 is 0 Å². The maximum atomic E-state index is 12.8. The highest BCUT2D eigenvalue weighted by Crippen LogP contribution is 2.33. The molecule has 0 aliphatic carbocycles. The lowest BCUT2D eigenvalue weighted by Gasteiger charge is -2.38. The van der Waals surface area contributed by atoms with E-state index in [-0.39, 0.29) is 12.1 Å². The van der Waals surface area contributed by atoms with Gasteiger partial charge in [-0.1, -0.05) is 31.2 Å². The molecule has 0 bridgehead atoms. The molecule has 0 aromatic heterocycles. The number of para-hydroxylation sites is 1. The van der Waals surface area contributed by atoms with E-state index in [0.717, 1.165) is 35.5 Å². The molecule has 1 aliphatic rings. The number of hydrogen-bond acceptors (Lipinski definition) is 3. The topological polar surface area (TPSA) is 35.6 Å². The van der Waals surface area contributed by atoms with Gasteiger partial charge >= 0.3 is 0 Å². The molecule has 1 unspecified atom stereocenters. The Morgan fingerprint density at radius 1 is 1.09 bits per heavy atom. The summed E-state index contributed by atoms with van der Waals surface area (Å²) in [5, 5.41) is 3.52. The molecule has 4 nitrogen and oxygen atoms in total. The summed E-state index contributed by atoms with van der Waals surface area (Å²) in [5.74, 6) is 0.0999. The van der Waals surface area contributed by atoms with Gasteiger partial charge in [0.2, 0.25) is 0 Å².